The Balaban J connectivity index is 1.57. The van der Waals surface area contributed by atoms with Gasteiger partial charge in [0.1, 0.15) is 0 Å². The molecule has 2 heterocycles. The summed E-state index contributed by atoms with van der Waals surface area (Å²) >= 11 is 1.57. The molecule has 1 aliphatic carbocycles. The minimum Gasteiger partial charge on any atom is -0.481 e. The summed E-state index contributed by atoms with van der Waals surface area (Å²) in [4.78, 5) is 30.6. The highest BCUT2D eigenvalue weighted by atomic mass is 32.1. The van der Waals surface area contributed by atoms with Crippen LogP contribution in [0.25, 0.3) is 0 Å². The van der Waals surface area contributed by atoms with Gasteiger partial charge in [-0.2, -0.15) is 0 Å². The zero-order valence-corrected chi connectivity index (χ0v) is 12.6. The minimum atomic E-state index is -0.761. The van der Waals surface area contributed by atoms with Crippen molar-refractivity contribution >= 4 is 28.5 Å². The standard InChI is InChI=1S/C14H19N3O3S/c18-12(19)9-5-7-17(8-6-9)14(20)16-13-15-10-3-1-2-4-11(10)21-13/h9H,1-8H2,(H,18,19)(H,15,16,20). The Morgan fingerprint density at radius 1 is 1.24 bits per heavy atom. The number of carbonyl (C=O) groups excluding carboxylic acids is 1. The number of piperidine rings is 1. The molecule has 0 bridgehead atoms. The second kappa shape index (κ2) is 6.01. The van der Waals surface area contributed by atoms with Crippen LogP contribution in [0.3, 0.4) is 0 Å². The summed E-state index contributed by atoms with van der Waals surface area (Å²) in [5.41, 5.74) is 1.13. The van der Waals surface area contributed by atoms with Crippen molar-refractivity contribution in [1.29, 1.82) is 0 Å². The molecule has 0 radical (unpaired) electrons. The van der Waals surface area contributed by atoms with Crippen LogP contribution in [0.2, 0.25) is 0 Å². The highest BCUT2D eigenvalue weighted by Gasteiger charge is 2.27. The molecule has 0 saturated carbocycles. The fourth-order valence-electron chi connectivity index (χ4n) is 2.91. The van der Waals surface area contributed by atoms with Crippen molar-refractivity contribution in [2.75, 3.05) is 18.4 Å². The van der Waals surface area contributed by atoms with Crippen molar-refractivity contribution in [2.24, 2.45) is 5.92 Å². The summed E-state index contributed by atoms with van der Waals surface area (Å²) < 4.78 is 0. The number of thiazole rings is 1. The van der Waals surface area contributed by atoms with Gasteiger partial charge in [-0.25, -0.2) is 9.78 Å². The van der Waals surface area contributed by atoms with Gasteiger partial charge in [0.15, 0.2) is 5.13 Å². The van der Waals surface area contributed by atoms with Crippen LogP contribution in [0.4, 0.5) is 9.93 Å². The molecule has 0 atom stereocenters. The number of anilines is 1. The summed E-state index contributed by atoms with van der Waals surface area (Å²) in [7, 11) is 0. The molecule has 1 aliphatic heterocycles. The Labute approximate surface area is 127 Å². The van der Waals surface area contributed by atoms with Crippen molar-refractivity contribution in [3.05, 3.63) is 10.6 Å². The number of aromatic nitrogens is 1. The van der Waals surface area contributed by atoms with Crippen molar-refractivity contribution in [3.8, 4) is 0 Å². The fourth-order valence-corrected chi connectivity index (χ4v) is 3.95. The number of hydrogen-bond donors (Lipinski definition) is 2. The first kappa shape index (κ1) is 14.3. The molecule has 1 aromatic heterocycles. The third kappa shape index (κ3) is 3.18. The van der Waals surface area contributed by atoms with Crippen LogP contribution < -0.4 is 5.32 Å². The van der Waals surface area contributed by atoms with Gasteiger partial charge in [-0.1, -0.05) is 0 Å². The average Bonchev–Trinajstić information content (AvgIpc) is 2.89. The zero-order chi connectivity index (χ0) is 14.8. The van der Waals surface area contributed by atoms with Crippen LogP contribution in [0.15, 0.2) is 0 Å². The van der Waals surface area contributed by atoms with E-state index in [2.05, 4.69) is 10.3 Å². The van der Waals surface area contributed by atoms with E-state index in [1.54, 1.807) is 16.2 Å². The molecule has 21 heavy (non-hydrogen) atoms. The Kier molecular flexibility index (Phi) is 4.10. The number of aryl methyl sites for hydroxylation is 2. The minimum absolute atomic E-state index is 0.162. The van der Waals surface area contributed by atoms with Gasteiger partial charge in [0.2, 0.25) is 0 Å². The number of urea groups is 1. The van der Waals surface area contributed by atoms with Crippen LogP contribution >= 0.6 is 11.3 Å². The van der Waals surface area contributed by atoms with E-state index in [1.165, 1.54) is 17.7 Å². The Morgan fingerprint density at radius 3 is 2.62 bits per heavy atom. The molecule has 1 fully saturated rings. The first-order valence-electron chi connectivity index (χ1n) is 7.41. The van der Waals surface area contributed by atoms with Crippen LogP contribution in [0, 0.1) is 5.92 Å². The largest absolute Gasteiger partial charge is 0.481 e. The normalized spacial score (nSPS) is 19.1. The van der Waals surface area contributed by atoms with Crippen LogP contribution in [0.5, 0.6) is 0 Å². The van der Waals surface area contributed by atoms with Crippen molar-refractivity contribution < 1.29 is 14.7 Å². The average molecular weight is 309 g/mol. The highest BCUT2D eigenvalue weighted by molar-refractivity contribution is 7.15. The van der Waals surface area contributed by atoms with Gasteiger partial charge in [-0.05, 0) is 38.5 Å². The maximum atomic E-state index is 12.2. The van der Waals surface area contributed by atoms with Gasteiger partial charge in [-0.3, -0.25) is 10.1 Å². The summed E-state index contributed by atoms with van der Waals surface area (Å²) in [5, 5.41) is 12.5. The van der Waals surface area contributed by atoms with Crippen LogP contribution in [-0.4, -0.2) is 40.1 Å². The Morgan fingerprint density at radius 2 is 1.95 bits per heavy atom. The number of aliphatic carboxylic acids is 1. The fraction of sp³-hybridized carbons (Fsp3) is 0.643. The second-order valence-electron chi connectivity index (χ2n) is 5.63. The Hall–Kier alpha value is -1.63. The molecule has 2 N–H and O–H groups in total. The van der Waals surface area contributed by atoms with E-state index in [9.17, 15) is 9.59 Å². The number of nitrogens with zero attached hydrogens (tertiary/aromatic N) is 2. The predicted molar refractivity (Wildman–Crippen MR) is 79.7 cm³/mol. The molecule has 0 unspecified atom stereocenters. The van der Waals surface area contributed by atoms with Crippen LogP contribution in [0.1, 0.15) is 36.3 Å². The van der Waals surface area contributed by atoms with E-state index >= 15 is 0 Å². The summed E-state index contributed by atoms with van der Waals surface area (Å²) in [6.07, 6.45) is 5.49. The number of carboxylic acids is 1. The number of rotatable bonds is 2. The van der Waals surface area contributed by atoms with E-state index in [-0.39, 0.29) is 11.9 Å². The van der Waals surface area contributed by atoms with Gasteiger partial charge >= 0.3 is 12.0 Å². The third-order valence-electron chi connectivity index (χ3n) is 4.19. The first-order chi connectivity index (χ1) is 10.1. The quantitative estimate of drug-likeness (QED) is 0.878. The molecular formula is C14H19N3O3S. The SMILES string of the molecule is O=C(O)C1CCN(C(=O)Nc2nc3c(s2)CCCC3)CC1. The molecule has 1 saturated heterocycles. The van der Waals surface area contributed by atoms with Gasteiger partial charge in [0.25, 0.3) is 0 Å². The summed E-state index contributed by atoms with van der Waals surface area (Å²) in [6.45, 7) is 0.988. The summed E-state index contributed by atoms with van der Waals surface area (Å²) in [6, 6.07) is -0.162. The Bertz CT molecular complexity index is 526. The van der Waals surface area contributed by atoms with Gasteiger partial charge in [0.05, 0.1) is 11.6 Å². The van der Waals surface area contributed by atoms with Crippen molar-refractivity contribution in [1.82, 2.24) is 9.88 Å². The molecule has 0 spiro atoms. The lowest BCUT2D eigenvalue weighted by atomic mass is 9.97. The topological polar surface area (TPSA) is 82.5 Å². The van der Waals surface area contributed by atoms with Crippen LogP contribution in [-0.2, 0) is 17.6 Å². The number of hydrogen-bond acceptors (Lipinski definition) is 4. The van der Waals surface area contributed by atoms with E-state index in [0.29, 0.717) is 31.1 Å². The molecule has 1 aromatic rings. The predicted octanol–water partition coefficient (Wildman–Crippen LogP) is 2.35. The third-order valence-corrected chi connectivity index (χ3v) is 5.26. The second-order valence-corrected chi connectivity index (χ2v) is 6.71. The van der Waals surface area contributed by atoms with Gasteiger partial charge in [-0.15, -0.1) is 11.3 Å². The zero-order valence-electron chi connectivity index (χ0n) is 11.8. The monoisotopic (exact) mass is 309 g/mol. The lowest BCUT2D eigenvalue weighted by molar-refractivity contribution is -0.143. The number of carbonyl (C=O) groups is 2. The maximum absolute atomic E-state index is 12.2. The lowest BCUT2D eigenvalue weighted by Gasteiger charge is -2.29. The number of fused-ring (bicyclic) bond motifs is 1. The molecular weight excluding hydrogens is 290 g/mol. The van der Waals surface area contributed by atoms with Crippen molar-refractivity contribution in [2.45, 2.75) is 38.5 Å². The highest BCUT2D eigenvalue weighted by Crippen LogP contribution is 2.29. The first-order valence-corrected chi connectivity index (χ1v) is 8.22. The molecule has 2 aliphatic rings. The molecule has 3 rings (SSSR count). The lowest BCUT2D eigenvalue weighted by Crippen LogP contribution is -2.42. The number of carboxylic acid groups (broad SMARTS) is 1. The number of amides is 2. The van der Waals surface area contributed by atoms with Gasteiger partial charge < -0.3 is 10.0 Å². The summed E-state index contributed by atoms with van der Waals surface area (Å²) in [5.74, 6) is -1.08. The van der Waals surface area contributed by atoms with Crippen molar-refractivity contribution in [3.63, 3.8) is 0 Å². The molecule has 2 amide bonds. The molecule has 7 heteroatoms. The van der Waals surface area contributed by atoms with Gasteiger partial charge in [0, 0.05) is 18.0 Å². The van der Waals surface area contributed by atoms with E-state index in [0.717, 1.165) is 18.5 Å². The molecule has 0 aromatic carbocycles. The van der Waals surface area contributed by atoms with E-state index < -0.39 is 5.97 Å². The maximum Gasteiger partial charge on any atom is 0.323 e. The number of nitrogens with one attached hydrogen (secondary N) is 1. The molecule has 114 valence electrons. The number of likely N-dealkylation sites (tertiary alicyclic amines) is 1. The molecule has 6 nitrogen and oxygen atoms in total. The van der Waals surface area contributed by atoms with E-state index in [4.69, 9.17) is 5.11 Å². The van der Waals surface area contributed by atoms with E-state index in [1.807, 2.05) is 0 Å². The smallest absolute Gasteiger partial charge is 0.323 e.